The van der Waals surface area contributed by atoms with Gasteiger partial charge in [-0.15, -0.1) is 0 Å². The van der Waals surface area contributed by atoms with Crippen molar-refractivity contribution in [2.75, 3.05) is 19.8 Å². The second-order valence-corrected chi connectivity index (χ2v) is 20.5. The molecule has 14 heteroatoms. The van der Waals surface area contributed by atoms with Gasteiger partial charge in [-0.2, -0.15) is 0 Å². The fourth-order valence-corrected chi connectivity index (χ4v) is 11.5. The molecule has 0 aliphatic carbocycles. The van der Waals surface area contributed by atoms with Gasteiger partial charge in [-0.1, -0.05) is 38.2 Å². The maximum Gasteiger partial charge on any atom is 0.335 e. The average molecular weight is 872 g/mol. The van der Waals surface area contributed by atoms with Gasteiger partial charge in [-0.3, -0.25) is 0 Å². The van der Waals surface area contributed by atoms with Crippen LogP contribution >= 0.6 is 0 Å². The van der Waals surface area contributed by atoms with Gasteiger partial charge < -0.3 is 58.7 Å². The summed E-state index contributed by atoms with van der Waals surface area (Å²) in [6.45, 7) is 19.8. The molecule has 60 heavy (non-hydrogen) atoms. The van der Waals surface area contributed by atoms with Gasteiger partial charge in [0.15, 0.2) is 11.4 Å². The van der Waals surface area contributed by atoms with E-state index in [4.69, 9.17) is 33.2 Å². The van der Waals surface area contributed by atoms with Crippen molar-refractivity contribution in [1.29, 1.82) is 0 Å². The molecule has 6 saturated heterocycles. The van der Waals surface area contributed by atoms with Crippen molar-refractivity contribution in [3.8, 4) is 0 Å². The minimum absolute atomic E-state index is 0. The van der Waals surface area contributed by atoms with Gasteiger partial charge in [0, 0.05) is 88.6 Å². The molecule has 7 aliphatic rings. The molecule has 6 fully saturated rings. The Morgan fingerprint density at radius 3 is 2.52 bits per heavy atom. The molecular weight excluding hydrogens is 800 g/mol. The molecule has 0 amide bonds. The Morgan fingerprint density at radius 1 is 1.07 bits per heavy atom. The smallest absolute Gasteiger partial charge is 0.335 e. The molecule has 335 valence electrons. The SMILES string of the molecule is C=C1C(O)C2OC3(CCC2OC1C(O)CC(C)C1CC2(CCCOC2)COC1C)CCC(C)(C=CC(C)C1CC(C)=CC2(O1)OC(C)(CC(C)(O)C(=O)O)CCC2O)O3.[K]. The Labute approximate surface area is 399 Å². The van der Waals surface area contributed by atoms with Gasteiger partial charge in [0.2, 0.25) is 5.79 Å². The van der Waals surface area contributed by atoms with Gasteiger partial charge in [-0.05, 0) is 116 Å². The summed E-state index contributed by atoms with van der Waals surface area (Å²) in [6, 6.07) is 0. The Morgan fingerprint density at radius 2 is 1.82 bits per heavy atom. The van der Waals surface area contributed by atoms with Gasteiger partial charge in [-0.25, -0.2) is 4.79 Å². The van der Waals surface area contributed by atoms with E-state index in [2.05, 4.69) is 32.6 Å². The standard InChI is InChI=1S/C46H72O13.K/c1-27-20-35(56-46(22-27)36(48)12-15-42(7,59-46)24-43(8,52)40(50)51)28(2)10-14-41(6)17-18-45(58-41)16-11-34-39(57-45)37(49)30(4)38(55-34)33(47)21-29(3)32-23-44(26-54-31(32)5)13-9-19-53-25-44;/h10,14,22,28-29,31-39,47-49,52H,4,9,11-13,15-21,23-26H2,1-3,5-8H3,(H,50,51);. The number of carboxylic acids is 1. The Hall–Kier alpha value is -0.114. The van der Waals surface area contributed by atoms with Crippen LogP contribution in [0.25, 0.3) is 0 Å². The number of hydrogen-bond acceptors (Lipinski definition) is 12. The van der Waals surface area contributed by atoms with E-state index in [0.717, 1.165) is 44.7 Å². The molecule has 0 saturated carbocycles. The second-order valence-electron chi connectivity index (χ2n) is 20.5. The van der Waals surface area contributed by atoms with Crippen LogP contribution in [0.4, 0.5) is 0 Å². The molecule has 0 aromatic heterocycles. The third kappa shape index (κ3) is 10.3. The van der Waals surface area contributed by atoms with Crippen molar-refractivity contribution in [3.63, 3.8) is 0 Å². The number of hydrogen-bond donors (Lipinski definition) is 5. The molecule has 0 aromatic rings. The number of aliphatic hydroxyl groups is 4. The first kappa shape index (κ1) is 49.3. The molecule has 5 N–H and O–H groups in total. The predicted molar refractivity (Wildman–Crippen MR) is 223 cm³/mol. The number of ether oxygens (including phenoxy) is 7. The first-order chi connectivity index (χ1) is 27.6. The zero-order chi connectivity index (χ0) is 42.8. The summed E-state index contributed by atoms with van der Waals surface area (Å²) in [6.07, 6.45) is 8.36. The zero-order valence-electron chi connectivity index (χ0n) is 37.4. The Kier molecular flexibility index (Phi) is 15.3. The van der Waals surface area contributed by atoms with E-state index < -0.39 is 71.0 Å². The van der Waals surface area contributed by atoms with Gasteiger partial charge in [0.25, 0.3) is 0 Å². The maximum atomic E-state index is 11.7. The van der Waals surface area contributed by atoms with E-state index in [1.807, 2.05) is 20.8 Å². The Balaban J connectivity index is 0.00000604. The first-order valence-corrected chi connectivity index (χ1v) is 22.3. The van der Waals surface area contributed by atoms with Crippen molar-refractivity contribution in [2.24, 2.45) is 23.2 Å². The fourth-order valence-electron chi connectivity index (χ4n) is 11.5. The minimum Gasteiger partial charge on any atom is -0.479 e. The summed E-state index contributed by atoms with van der Waals surface area (Å²) in [5.74, 6) is -3.39. The molecule has 0 aromatic carbocycles. The fraction of sp³-hybridized carbons (Fsp3) is 0.848. The summed E-state index contributed by atoms with van der Waals surface area (Å²) in [4.78, 5) is 11.7. The molecule has 0 bridgehead atoms. The number of aliphatic hydroxyl groups excluding tert-OH is 3. The van der Waals surface area contributed by atoms with E-state index in [0.29, 0.717) is 56.9 Å². The number of carbonyl (C=O) groups is 1. The van der Waals surface area contributed by atoms with Gasteiger partial charge in [0.05, 0.1) is 48.8 Å². The summed E-state index contributed by atoms with van der Waals surface area (Å²) in [5, 5.41) is 54.6. The second kappa shape index (κ2) is 18.6. The van der Waals surface area contributed by atoms with E-state index >= 15 is 0 Å². The third-order valence-corrected chi connectivity index (χ3v) is 15.0. The topological polar surface area (TPSA) is 183 Å². The van der Waals surface area contributed by atoms with Crippen LogP contribution in [-0.2, 0) is 38.0 Å². The van der Waals surface area contributed by atoms with Crippen molar-refractivity contribution >= 4 is 57.4 Å². The van der Waals surface area contributed by atoms with Crippen molar-refractivity contribution < 1.29 is 63.5 Å². The van der Waals surface area contributed by atoms with E-state index in [1.165, 1.54) is 6.92 Å². The monoisotopic (exact) mass is 871 g/mol. The molecule has 7 heterocycles. The van der Waals surface area contributed by atoms with Crippen LogP contribution in [0.15, 0.2) is 36.0 Å². The normalized spacial score (nSPS) is 46.0. The van der Waals surface area contributed by atoms with E-state index in [1.54, 1.807) is 13.0 Å². The average Bonchev–Trinajstić information content (AvgIpc) is 3.50. The number of fused-ring (bicyclic) bond motifs is 1. The summed E-state index contributed by atoms with van der Waals surface area (Å²) in [5.41, 5.74) is -2.25. The van der Waals surface area contributed by atoms with Crippen LogP contribution in [0, 0.1) is 23.2 Å². The van der Waals surface area contributed by atoms with Gasteiger partial charge in [0.1, 0.15) is 24.4 Å². The summed E-state index contributed by atoms with van der Waals surface area (Å²) in [7, 11) is 0. The quantitative estimate of drug-likeness (QED) is 0.144. The molecule has 1 radical (unpaired) electrons. The van der Waals surface area contributed by atoms with Crippen LogP contribution in [0.5, 0.6) is 0 Å². The molecule has 17 atom stereocenters. The van der Waals surface area contributed by atoms with Crippen LogP contribution in [-0.4, -0.2) is 180 Å². The van der Waals surface area contributed by atoms with Crippen molar-refractivity contribution in [2.45, 2.75) is 203 Å². The van der Waals surface area contributed by atoms with Crippen molar-refractivity contribution in [1.82, 2.24) is 0 Å². The van der Waals surface area contributed by atoms with E-state index in [9.17, 15) is 30.3 Å². The number of aliphatic carboxylic acids is 1. The summed E-state index contributed by atoms with van der Waals surface area (Å²) < 4.78 is 45.2. The number of rotatable bonds is 10. The van der Waals surface area contributed by atoms with E-state index in [-0.39, 0.29) is 93.2 Å². The molecule has 7 aliphatic heterocycles. The minimum atomic E-state index is -2.00. The third-order valence-electron chi connectivity index (χ3n) is 15.0. The molecule has 3 spiro atoms. The molecular formula is C46H72KO13. The van der Waals surface area contributed by atoms with Crippen molar-refractivity contribution in [3.05, 3.63) is 36.0 Å². The predicted octanol–water partition coefficient (Wildman–Crippen LogP) is 5.12. The molecule has 17 unspecified atom stereocenters. The number of carboxylic acid groups (broad SMARTS) is 1. The molecule has 13 nitrogen and oxygen atoms in total. The summed E-state index contributed by atoms with van der Waals surface area (Å²) >= 11 is 0. The first-order valence-electron chi connectivity index (χ1n) is 22.3. The molecule has 7 rings (SSSR count). The van der Waals surface area contributed by atoms with Crippen LogP contribution in [0.2, 0.25) is 0 Å². The van der Waals surface area contributed by atoms with Crippen LogP contribution in [0.1, 0.15) is 126 Å². The van der Waals surface area contributed by atoms with Crippen LogP contribution < -0.4 is 0 Å². The zero-order valence-corrected chi connectivity index (χ0v) is 40.5. The largest absolute Gasteiger partial charge is 0.479 e. The van der Waals surface area contributed by atoms with Gasteiger partial charge >= 0.3 is 5.97 Å². The maximum absolute atomic E-state index is 11.7. The Bertz CT molecular complexity index is 1610. The van der Waals surface area contributed by atoms with Crippen LogP contribution in [0.3, 0.4) is 0 Å².